The first-order valence-corrected chi connectivity index (χ1v) is 6.77. The van der Waals surface area contributed by atoms with Crippen LogP contribution in [-0.2, 0) is 4.79 Å². The van der Waals surface area contributed by atoms with Crippen LogP contribution in [0.2, 0.25) is 0 Å². The first-order valence-electron chi connectivity index (χ1n) is 6.77. The number of benzene rings is 2. The summed E-state index contributed by atoms with van der Waals surface area (Å²) < 4.78 is 0. The molecule has 102 valence electrons. The third-order valence-electron chi connectivity index (χ3n) is 3.08. The van der Waals surface area contributed by atoms with Gasteiger partial charge in [0.1, 0.15) is 0 Å². The fourth-order valence-electron chi connectivity index (χ4n) is 2.00. The van der Waals surface area contributed by atoms with Crippen molar-refractivity contribution in [3.8, 4) is 11.1 Å². The number of hydrogen-bond donors (Lipinski definition) is 0. The molecule has 0 saturated heterocycles. The number of allylic oxidation sites excluding steroid dienone is 1. The van der Waals surface area contributed by atoms with Gasteiger partial charge in [0, 0.05) is 5.97 Å². The summed E-state index contributed by atoms with van der Waals surface area (Å²) in [7, 11) is 0. The lowest BCUT2D eigenvalue weighted by Gasteiger charge is -2.02. The van der Waals surface area contributed by atoms with Gasteiger partial charge in [-0.25, -0.2) is 0 Å². The van der Waals surface area contributed by atoms with Gasteiger partial charge in [0.2, 0.25) is 0 Å². The maximum Gasteiger partial charge on any atom is 0.0414 e. The first-order chi connectivity index (χ1) is 9.75. The van der Waals surface area contributed by atoms with Crippen molar-refractivity contribution in [2.75, 3.05) is 0 Å². The van der Waals surface area contributed by atoms with Crippen molar-refractivity contribution in [2.24, 2.45) is 0 Å². The molecule has 0 aliphatic rings. The molecule has 0 N–H and O–H groups in total. The zero-order chi connectivity index (χ0) is 14.2. The average Bonchev–Trinajstić information content (AvgIpc) is 2.48. The highest BCUT2D eigenvalue weighted by Crippen LogP contribution is 2.19. The van der Waals surface area contributed by atoms with E-state index in [9.17, 15) is 9.90 Å². The van der Waals surface area contributed by atoms with Crippen molar-refractivity contribution < 1.29 is 9.90 Å². The molecule has 0 bridgehead atoms. The molecule has 0 fully saturated rings. The van der Waals surface area contributed by atoms with Crippen molar-refractivity contribution in [3.05, 3.63) is 66.2 Å². The Kier molecular flexibility index (Phi) is 5.13. The molecule has 0 aliphatic carbocycles. The minimum atomic E-state index is -0.981. The number of carbonyl (C=O) groups excluding carboxylic acids is 1. The van der Waals surface area contributed by atoms with Crippen LogP contribution in [0.5, 0.6) is 0 Å². The minimum Gasteiger partial charge on any atom is -0.550 e. The van der Waals surface area contributed by atoms with E-state index in [0.717, 1.165) is 12.0 Å². The quantitative estimate of drug-likeness (QED) is 0.752. The van der Waals surface area contributed by atoms with Gasteiger partial charge in [-0.05, 0) is 36.0 Å². The third-order valence-corrected chi connectivity index (χ3v) is 3.08. The van der Waals surface area contributed by atoms with Crippen molar-refractivity contribution in [1.82, 2.24) is 0 Å². The Labute approximate surface area is 119 Å². The molecule has 20 heavy (non-hydrogen) atoms. The Morgan fingerprint density at radius 1 is 0.950 bits per heavy atom. The summed E-state index contributed by atoms with van der Waals surface area (Å²) in [6, 6.07) is 18.6. The zero-order valence-corrected chi connectivity index (χ0v) is 11.3. The molecule has 0 radical (unpaired) electrons. The third kappa shape index (κ3) is 4.39. The number of unbranched alkanes of at least 4 members (excludes halogenated alkanes) is 1. The summed E-state index contributed by atoms with van der Waals surface area (Å²) in [6.07, 6.45) is 5.52. The van der Waals surface area contributed by atoms with Gasteiger partial charge in [0.15, 0.2) is 0 Å². The molecule has 0 saturated carbocycles. The predicted molar refractivity (Wildman–Crippen MR) is 79.8 cm³/mol. The van der Waals surface area contributed by atoms with Gasteiger partial charge in [-0.2, -0.15) is 0 Å². The van der Waals surface area contributed by atoms with E-state index in [1.807, 2.05) is 30.4 Å². The van der Waals surface area contributed by atoms with E-state index in [0.29, 0.717) is 6.42 Å². The lowest BCUT2D eigenvalue weighted by molar-refractivity contribution is -0.305. The smallest absolute Gasteiger partial charge is 0.0414 e. The molecule has 2 aromatic carbocycles. The number of carbonyl (C=O) groups is 1. The Hall–Kier alpha value is -2.35. The topological polar surface area (TPSA) is 40.1 Å². The van der Waals surface area contributed by atoms with Crippen LogP contribution in [0.1, 0.15) is 24.8 Å². The van der Waals surface area contributed by atoms with E-state index in [1.165, 1.54) is 11.1 Å². The number of hydrogen-bond acceptors (Lipinski definition) is 2. The standard InChI is InChI=1S/C18H18O2/c19-18(20)10-6-1-3-7-15-11-13-17(14-12-15)16-8-4-2-5-9-16/h2-5,7-9,11-14H,1,6,10H2,(H,19,20)/p-1/b7-3+. The Morgan fingerprint density at radius 3 is 2.25 bits per heavy atom. The minimum absolute atomic E-state index is 0.122. The highest BCUT2D eigenvalue weighted by Gasteiger charge is 1.95. The molecule has 2 heteroatoms. The fraction of sp³-hybridized carbons (Fsp3) is 0.167. The van der Waals surface area contributed by atoms with Crippen LogP contribution < -0.4 is 5.11 Å². The van der Waals surface area contributed by atoms with Gasteiger partial charge >= 0.3 is 0 Å². The van der Waals surface area contributed by atoms with E-state index in [2.05, 4.69) is 36.4 Å². The number of aliphatic carboxylic acids is 1. The van der Waals surface area contributed by atoms with E-state index >= 15 is 0 Å². The summed E-state index contributed by atoms with van der Waals surface area (Å²) in [5.74, 6) is -0.981. The molecule has 0 aliphatic heterocycles. The van der Waals surface area contributed by atoms with Crippen molar-refractivity contribution in [2.45, 2.75) is 19.3 Å². The largest absolute Gasteiger partial charge is 0.550 e. The molecule has 0 aromatic heterocycles. The van der Waals surface area contributed by atoms with Gasteiger partial charge in [-0.3, -0.25) is 0 Å². The van der Waals surface area contributed by atoms with E-state index in [-0.39, 0.29) is 6.42 Å². The van der Waals surface area contributed by atoms with Gasteiger partial charge < -0.3 is 9.90 Å². The van der Waals surface area contributed by atoms with E-state index in [4.69, 9.17) is 0 Å². The SMILES string of the molecule is O=C([O-])CCC/C=C/c1ccc(-c2ccccc2)cc1. The number of rotatable bonds is 6. The summed E-state index contributed by atoms with van der Waals surface area (Å²) in [5.41, 5.74) is 3.52. The second-order valence-electron chi connectivity index (χ2n) is 4.65. The first kappa shape index (κ1) is 14.1. The van der Waals surface area contributed by atoms with Gasteiger partial charge in [-0.1, -0.05) is 66.7 Å². The van der Waals surface area contributed by atoms with Gasteiger partial charge in [0.05, 0.1) is 0 Å². The normalized spacial score (nSPS) is 10.8. The van der Waals surface area contributed by atoms with Crippen LogP contribution in [0.3, 0.4) is 0 Å². The van der Waals surface area contributed by atoms with Gasteiger partial charge in [0.25, 0.3) is 0 Å². The monoisotopic (exact) mass is 265 g/mol. The van der Waals surface area contributed by atoms with Crippen LogP contribution in [0, 0.1) is 0 Å². The van der Waals surface area contributed by atoms with E-state index < -0.39 is 5.97 Å². The summed E-state index contributed by atoms with van der Waals surface area (Å²) >= 11 is 0. The number of carboxylic acids is 1. The Bertz CT molecular complexity index is 568. The lowest BCUT2D eigenvalue weighted by Crippen LogP contribution is -2.21. The molecule has 0 heterocycles. The summed E-state index contributed by atoms with van der Waals surface area (Å²) in [6.45, 7) is 0. The molecular formula is C18H17O2-. The maximum absolute atomic E-state index is 10.3. The zero-order valence-electron chi connectivity index (χ0n) is 11.3. The van der Waals surface area contributed by atoms with Crippen molar-refractivity contribution in [1.29, 1.82) is 0 Å². The molecule has 0 unspecified atom stereocenters. The molecule has 0 spiro atoms. The Balaban J connectivity index is 1.92. The second-order valence-corrected chi connectivity index (χ2v) is 4.65. The van der Waals surface area contributed by atoms with Crippen molar-refractivity contribution >= 4 is 12.0 Å². The lowest BCUT2D eigenvalue weighted by atomic mass is 10.0. The highest BCUT2D eigenvalue weighted by atomic mass is 16.4. The number of carboxylic acid groups (broad SMARTS) is 1. The summed E-state index contributed by atoms with van der Waals surface area (Å²) in [5, 5.41) is 10.3. The molecule has 2 nitrogen and oxygen atoms in total. The predicted octanol–water partition coefficient (Wildman–Crippen LogP) is 3.29. The summed E-state index contributed by atoms with van der Waals surface area (Å²) in [4.78, 5) is 10.3. The highest BCUT2D eigenvalue weighted by molar-refractivity contribution is 5.65. The molecule has 0 atom stereocenters. The van der Waals surface area contributed by atoms with Crippen molar-refractivity contribution in [3.63, 3.8) is 0 Å². The van der Waals surface area contributed by atoms with Crippen LogP contribution >= 0.6 is 0 Å². The molecule has 0 amide bonds. The molecule has 2 rings (SSSR count). The van der Waals surface area contributed by atoms with Crippen LogP contribution in [0.4, 0.5) is 0 Å². The second kappa shape index (κ2) is 7.29. The van der Waals surface area contributed by atoms with Crippen LogP contribution in [0.15, 0.2) is 60.7 Å². The fourth-order valence-corrected chi connectivity index (χ4v) is 2.00. The van der Waals surface area contributed by atoms with Gasteiger partial charge in [-0.15, -0.1) is 0 Å². The van der Waals surface area contributed by atoms with Crippen LogP contribution in [-0.4, -0.2) is 5.97 Å². The van der Waals surface area contributed by atoms with Crippen LogP contribution in [0.25, 0.3) is 17.2 Å². The Morgan fingerprint density at radius 2 is 1.60 bits per heavy atom. The maximum atomic E-state index is 10.3. The molecule has 2 aromatic rings. The van der Waals surface area contributed by atoms with E-state index in [1.54, 1.807) is 0 Å². The average molecular weight is 265 g/mol. The molecular weight excluding hydrogens is 248 g/mol.